The second-order valence-corrected chi connectivity index (χ2v) is 6.07. The van der Waals surface area contributed by atoms with E-state index in [2.05, 4.69) is 4.98 Å². The van der Waals surface area contributed by atoms with E-state index >= 15 is 0 Å². The molecule has 106 valence electrons. The van der Waals surface area contributed by atoms with Crippen LogP contribution in [0.4, 0.5) is 5.69 Å². The number of nitrogens with two attached hydrogens (primary N) is 1. The lowest BCUT2D eigenvalue weighted by Crippen LogP contribution is -2.02. The van der Waals surface area contributed by atoms with Gasteiger partial charge in [0.15, 0.2) is 0 Å². The maximum atomic E-state index is 12.4. The average molecular weight is 290 g/mol. The molecule has 1 aromatic carbocycles. The normalized spacial score (nSPS) is 12.2. The Balaban J connectivity index is 2.25. The van der Waals surface area contributed by atoms with E-state index in [0.717, 1.165) is 27.6 Å². The number of benzene rings is 1. The van der Waals surface area contributed by atoms with Crippen LogP contribution in [0, 0.1) is 13.8 Å². The Bertz CT molecular complexity index is 656. The predicted octanol–water partition coefficient (Wildman–Crippen LogP) is 2.60. The summed E-state index contributed by atoms with van der Waals surface area (Å²) in [6, 6.07) is 9.08. The highest BCUT2D eigenvalue weighted by molar-refractivity contribution is 7.84. The lowest BCUT2D eigenvalue weighted by molar-refractivity contribution is 0.413. The highest BCUT2D eigenvalue weighted by atomic mass is 32.2. The minimum atomic E-state index is -1.15. The van der Waals surface area contributed by atoms with Crippen molar-refractivity contribution < 1.29 is 8.95 Å². The second-order valence-electron chi connectivity index (χ2n) is 4.65. The molecule has 0 saturated heterocycles. The van der Waals surface area contributed by atoms with Crippen molar-refractivity contribution in [1.29, 1.82) is 0 Å². The summed E-state index contributed by atoms with van der Waals surface area (Å²) in [5.41, 5.74) is 8.94. The first-order valence-corrected chi connectivity index (χ1v) is 7.57. The van der Waals surface area contributed by atoms with Crippen molar-refractivity contribution in [2.45, 2.75) is 24.5 Å². The van der Waals surface area contributed by atoms with Crippen LogP contribution in [0.5, 0.6) is 5.75 Å². The quantitative estimate of drug-likeness (QED) is 0.879. The van der Waals surface area contributed by atoms with Gasteiger partial charge in [0.2, 0.25) is 0 Å². The highest BCUT2D eigenvalue weighted by Gasteiger charge is 2.10. The molecule has 0 aliphatic rings. The van der Waals surface area contributed by atoms with Gasteiger partial charge in [-0.05, 0) is 37.6 Å². The van der Waals surface area contributed by atoms with Gasteiger partial charge in [0.05, 0.1) is 29.4 Å². The van der Waals surface area contributed by atoms with Crippen LogP contribution in [0.2, 0.25) is 0 Å². The number of hydrogen-bond donors (Lipinski definition) is 1. The smallest absolute Gasteiger partial charge is 0.122 e. The van der Waals surface area contributed by atoms with Crippen LogP contribution in [0.3, 0.4) is 0 Å². The zero-order valence-electron chi connectivity index (χ0n) is 11.8. The summed E-state index contributed by atoms with van der Waals surface area (Å²) in [6.45, 7) is 3.80. The largest absolute Gasteiger partial charge is 0.497 e. The molecule has 0 aliphatic heterocycles. The number of nitrogens with zero attached hydrogens (tertiary/aromatic N) is 1. The molecule has 0 fully saturated rings. The van der Waals surface area contributed by atoms with Gasteiger partial charge in [-0.15, -0.1) is 0 Å². The minimum absolute atomic E-state index is 0.364. The van der Waals surface area contributed by atoms with Crippen LogP contribution in [0.15, 0.2) is 35.2 Å². The maximum Gasteiger partial charge on any atom is 0.122 e. The topological polar surface area (TPSA) is 65.2 Å². The highest BCUT2D eigenvalue weighted by Crippen LogP contribution is 2.20. The number of anilines is 1. The number of aryl methyl sites for hydroxylation is 2. The third-order valence-corrected chi connectivity index (χ3v) is 4.45. The Morgan fingerprint density at radius 3 is 2.65 bits per heavy atom. The molecule has 0 amide bonds. The zero-order valence-corrected chi connectivity index (χ0v) is 12.7. The Hall–Kier alpha value is -1.88. The van der Waals surface area contributed by atoms with Gasteiger partial charge in [-0.1, -0.05) is 0 Å². The van der Waals surface area contributed by atoms with E-state index in [1.165, 1.54) is 0 Å². The van der Waals surface area contributed by atoms with E-state index in [1.54, 1.807) is 13.2 Å². The third kappa shape index (κ3) is 3.36. The maximum absolute atomic E-state index is 12.4. The Morgan fingerprint density at radius 1 is 1.25 bits per heavy atom. The number of nitrogen functional groups attached to an aromatic ring is 1. The first-order chi connectivity index (χ1) is 9.49. The molecule has 4 nitrogen and oxygen atoms in total. The number of methoxy groups -OCH3 is 1. The second kappa shape index (κ2) is 6.05. The monoisotopic (exact) mass is 290 g/mol. The molecular weight excluding hydrogens is 272 g/mol. The van der Waals surface area contributed by atoms with Crippen LogP contribution in [-0.2, 0) is 16.6 Å². The summed E-state index contributed by atoms with van der Waals surface area (Å²) in [4.78, 5) is 5.19. The summed E-state index contributed by atoms with van der Waals surface area (Å²) >= 11 is 0. The standard InChI is InChI=1S/C15H18N2O2S/c1-10-6-12(16)4-5-15(10)20(18)9-13-8-14(19-3)7-11(2)17-13/h4-8H,9,16H2,1-3H3. The van der Waals surface area contributed by atoms with Gasteiger partial charge < -0.3 is 10.5 Å². The Morgan fingerprint density at radius 2 is 2.00 bits per heavy atom. The number of pyridine rings is 1. The molecule has 2 rings (SSSR count). The molecule has 1 unspecified atom stereocenters. The van der Waals surface area contributed by atoms with Gasteiger partial charge in [0.1, 0.15) is 5.75 Å². The molecule has 1 atom stereocenters. The molecule has 2 N–H and O–H groups in total. The van der Waals surface area contributed by atoms with Crippen molar-refractivity contribution in [3.05, 3.63) is 47.3 Å². The lowest BCUT2D eigenvalue weighted by Gasteiger charge is -2.08. The SMILES string of the molecule is COc1cc(C)nc(CS(=O)c2ccc(N)cc2C)c1. The van der Waals surface area contributed by atoms with E-state index < -0.39 is 10.8 Å². The Labute approximate surface area is 121 Å². The van der Waals surface area contributed by atoms with E-state index in [4.69, 9.17) is 10.5 Å². The van der Waals surface area contributed by atoms with Crippen molar-refractivity contribution in [3.8, 4) is 5.75 Å². The molecule has 5 heteroatoms. The number of hydrogen-bond acceptors (Lipinski definition) is 4. The predicted molar refractivity (Wildman–Crippen MR) is 81.2 cm³/mol. The first-order valence-electron chi connectivity index (χ1n) is 6.25. The van der Waals surface area contributed by atoms with Gasteiger partial charge >= 0.3 is 0 Å². The van der Waals surface area contributed by atoms with E-state index in [0.29, 0.717) is 11.4 Å². The van der Waals surface area contributed by atoms with E-state index in [1.807, 2.05) is 38.1 Å². The molecule has 0 aliphatic carbocycles. The van der Waals surface area contributed by atoms with Crippen molar-refractivity contribution in [2.75, 3.05) is 12.8 Å². The molecule has 1 heterocycles. The fraction of sp³-hybridized carbons (Fsp3) is 0.267. The molecular formula is C15H18N2O2S. The van der Waals surface area contributed by atoms with Crippen LogP contribution in [0.1, 0.15) is 17.0 Å². The Kier molecular flexibility index (Phi) is 4.39. The van der Waals surface area contributed by atoms with Gasteiger partial charge in [0, 0.05) is 28.4 Å². The van der Waals surface area contributed by atoms with Crippen molar-refractivity contribution in [1.82, 2.24) is 4.98 Å². The van der Waals surface area contributed by atoms with Gasteiger partial charge in [-0.2, -0.15) is 0 Å². The fourth-order valence-corrected chi connectivity index (χ4v) is 3.24. The number of aromatic nitrogens is 1. The van der Waals surface area contributed by atoms with Crippen molar-refractivity contribution >= 4 is 16.5 Å². The summed E-state index contributed by atoms with van der Waals surface area (Å²) < 4.78 is 17.7. The van der Waals surface area contributed by atoms with Gasteiger partial charge in [-0.25, -0.2) is 0 Å². The average Bonchev–Trinajstić information content (AvgIpc) is 2.37. The molecule has 2 aromatic rings. The van der Waals surface area contributed by atoms with Gasteiger partial charge in [-0.3, -0.25) is 9.19 Å². The lowest BCUT2D eigenvalue weighted by atomic mass is 10.2. The van der Waals surface area contributed by atoms with Crippen LogP contribution in [-0.4, -0.2) is 16.3 Å². The van der Waals surface area contributed by atoms with Gasteiger partial charge in [0.25, 0.3) is 0 Å². The van der Waals surface area contributed by atoms with Crippen LogP contribution in [0.25, 0.3) is 0 Å². The van der Waals surface area contributed by atoms with E-state index in [9.17, 15) is 4.21 Å². The summed E-state index contributed by atoms with van der Waals surface area (Å²) in [5, 5.41) is 0. The first kappa shape index (κ1) is 14.5. The van der Waals surface area contributed by atoms with Crippen LogP contribution < -0.4 is 10.5 Å². The fourth-order valence-electron chi connectivity index (χ4n) is 2.03. The molecule has 0 spiro atoms. The zero-order chi connectivity index (χ0) is 14.7. The summed E-state index contributed by atoms with van der Waals surface area (Å²) in [7, 11) is 0.464. The van der Waals surface area contributed by atoms with Crippen molar-refractivity contribution in [2.24, 2.45) is 0 Å². The molecule has 1 aromatic heterocycles. The van der Waals surface area contributed by atoms with E-state index in [-0.39, 0.29) is 0 Å². The third-order valence-electron chi connectivity index (χ3n) is 2.94. The summed E-state index contributed by atoms with van der Waals surface area (Å²) in [5.74, 6) is 1.10. The molecule has 0 saturated carbocycles. The molecule has 0 radical (unpaired) electrons. The number of ether oxygens (including phenoxy) is 1. The van der Waals surface area contributed by atoms with Crippen LogP contribution >= 0.6 is 0 Å². The van der Waals surface area contributed by atoms with Crippen molar-refractivity contribution in [3.63, 3.8) is 0 Å². The number of rotatable bonds is 4. The molecule has 0 bridgehead atoms. The summed E-state index contributed by atoms with van der Waals surface area (Å²) in [6.07, 6.45) is 0. The minimum Gasteiger partial charge on any atom is -0.497 e. The molecule has 20 heavy (non-hydrogen) atoms.